The summed E-state index contributed by atoms with van der Waals surface area (Å²) >= 11 is 1.68. The van der Waals surface area contributed by atoms with Gasteiger partial charge in [0.25, 0.3) is 5.91 Å². The van der Waals surface area contributed by atoms with Gasteiger partial charge in [-0.2, -0.15) is 4.31 Å². The third-order valence-corrected chi connectivity index (χ3v) is 8.79. The fraction of sp³-hybridized carbons (Fsp3) is 0.476. The Labute approximate surface area is 181 Å². The largest absolute Gasteiger partial charge is 0.493 e. The van der Waals surface area contributed by atoms with Gasteiger partial charge >= 0.3 is 0 Å². The first-order chi connectivity index (χ1) is 14.5. The summed E-state index contributed by atoms with van der Waals surface area (Å²) in [5.74, 6) is 0.873. The van der Waals surface area contributed by atoms with E-state index in [0.717, 1.165) is 24.8 Å². The Balaban J connectivity index is 1.46. The molecule has 1 aliphatic heterocycles. The van der Waals surface area contributed by atoms with Crippen molar-refractivity contribution in [1.29, 1.82) is 0 Å². The zero-order valence-corrected chi connectivity index (χ0v) is 18.9. The van der Waals surface area contributed by atoms with Gasteiger partial charge in [0, 0.05) is 42.5 Å². The Morgan fingerprint density at radius 3 is 2.40 bits per heavy atom. The average Bonchev–Trinajstić information content (AvgIpc) is 3.22. The number of piperazine rings is 1. The molecule has 0 saturated carbocycles. The number of nitrogens with zero attached hydrogens (tertiary/aromatic N) is 2. The molecule has 0 bridgehead atoms. The maximum Gasteiger partial charge on any atom is 0.255 e. The highest BCUT2D eigenvalue weighted by molar-refractivity contribution is 7.89. The van der Waals surface area contributed by atoms with Crippen LogP contribution in [0.15, 0.2) is 28.5 Å². The van der Waals surface area contributed by atoms with E-state index in [1.807, 2.05) is 5.38 Å². The van der Waals surface area contributed by atoms with Crippen LogP contribution < -0.4 is 9.47 Å². The lowest BCUT2D eigenvalue weighted by Gasteiger charge is -2.34. The lowest BCUT2D eigenvalue weighted by molar-refractivity contribution is 0.0697. The number of carbonyl (C=O) groups is 1. The van der Waals surface area contributed by atoms with Crippen LogP contribution in [0.2, 0.25) is 0 Å². The van der Waals surface area contributed by atoms with Gasteiger partial charge in [-0.15, -0.1) is 11.3 Å². The molecule has 162 valence electrons. The molecule has 1 amide bonds. The van der Waals surface area contributed by atoms with E-state index < -0.39 is 10.0 Å². The Hall–Kier alpha value is -2.10. The van der Waals surface area contributed by atoms with Gasteiger partial charge in [0.15, 0.2) is 11.5 Å². The van der Waals surface area contributed by atoms with Gasteiger partial charge in [0.2, 0.25) is 10.0 Å². The Morgan fingerprint density at radius 1 is 1.00 bits per heavy atom. The fourth-order valence-corrected chi connectivity index (χ4v) is 6.66. The number of amides is 1. The quantitative estimate of drug-likeness (QED) is 0.700. The maximum atomic E-state index is 13.1. The molecule has 0 atom stereocenters. The summed E-state index contributed by atoms with van der Waals surface area (Å²) in [5.41, 5.74) is 2.02. The molecule has 1 saturated heterocycles. The molecule has 2 aliphatic rings. The van der Waals surface area contributed by atoms with E-state index in [1.54, 1.807) is 22.3 Å². The van der Waals surface area contributed by atoms with Crippen LogP contribution in [0.4, 0.5) is 0 Å². The minimum absolute atomic E-state index is 0.0255. The summed E-state index contributed by atoms with van der Waals surface area (Å²) in [6.45, 7) is 1.31. The van der Waals surface area contributed by atoms with Crippen LogP contribution in [0, 0.1) is 0 Å². The molecule has 0 radical (unpaired) electrons. The summed E-state index contributed by atoms with van der Waals surface area (Å²) in [5, 5.41) is 1.98. The van der Waals surface area contributed by atoms with Crippen molar-refractivity contribution in [3.8, 4) is 11.5 Å². The van der Waals surface area contributed by atoms with Crippen molar-refractivity contribution in [1.82, 2.24) is 9.21 Å². The molecule has 0 N–H and O–H groups in total. The van der Waals surface area contributed by atoms with E-state index in [0.29, 0.717) is 24.6 Å². The van der Waals surface area contributed by atoms with Gasteiger partial charge in [0.05, 0.1) is 24.7 Å². The van der Waals surface area contributed by atoms with E-state index in [2.05, 4.69) is 0 Å². The first-order valence-corrected chi connectivity index (χ1v) is 12.4. The molecule has 2 aromatic rings. The number of aryl methyl sites for hydroxylation is 1. The Bertz CT molecular complexity index is 1040. The molecular weight excluding hydrogens is 424 g/mol. The van der Waals surface area contributed by atoms with Crippen molar-refractivity contribution in [3.63, 3.8) is 0 Å². The number of sulfonamides is 1. The SMILES string of the molecule is COc1ccc(S(=O)(=O)N2CCN(C(=O)c3csc4c3CCCC4)CC2)cc1OC. The van der Waals surface area contributed by atoms with Crippen molar-refractivity contribution in [3.05, 3.63) is 39.6 Å². The van der Waals surface area contributed by atoms with Gasteiger partial charge in [-0.3, -0.25) is 4.79 Å². The average molecular weight is 451 g/mol. The zero-order chi connectivity index (χ0) is 21.3. The van der Waals surface area contributed by atoms with E-state index in [-0.39, 0.29) is 23.9 Å². The third-order valence-electron chi connectivity index (χ3n) is 5.81. The minimum atomic E-state index is -3.68. The van der Waals surface area contributed by atoms with Gasteiger partial charge in [-0.1, -0.05) is 0 Å². The van der Waals surface area contributed by atoms with Gasteiger partial charge in [-0.25, -0.2) is 8.42 Å². The second-order valence-corrected chi connectivity index (χ2v) is 10.4. The minimum Gasteiger partial charge on any atom is -0.493 e. The number of thiophene rings is 1. The number of benzene rings is 1. The van der Waals surface area contributed by atoms with Crippen molar-refractivity contribution in [2.45, 2.75) is 30.6 Å². The first kappa shape index (κ1) is 21.1. The number of methoxy groups -OCH3 is 2. The van der Waals surface area contributed by atoms with Crippen molar-refractivity contribution in [2.75, 3.05) is 40.4 Å². The molecule has 1 fully saturated rings. The monoisotopic (exact) mass is 450 g/mol. The lowest BCUT2D eigenvalue weighted by Crippen LogP contribution is -2.50. The molecule has 1 aromatic heterocycles. The fourth-order valence-electron chi connectivity index (χ4n) is 4.10. The topological polar surface area (TPSA) is 76.2 Å². The molecule has 0 spiro atoms. The van der Waals surface area contributed by atoms with Crippen LogP contribution in [0.25, 0.3) is 0 Å². The molecule has 2 heterocycles. The number of ether oxygens (including phenoxy) is 2. The third kappa shape index (κ3) is 3.81. The highest BCUT2D eigenvalue weighted by atomic mass is 32.2. The standard InChI is InChI=1S/C21H26N2O5S2/c1-27-18-8-7-15(13-19(18)28-2)30(25,26)23-11-9-22(10-12-23)21(24)17-14-29-20-6-4-3-5-16(17)20/h7-8,13-14H,3-6,9-12H2,1-2H3. The van der Waals surface area contributed by atoms with E-state index in [1.165, 1.54) is 47.5 Å². The molecule has 30 heavy (non-hydrogen) atoms. The van der Waals surface area contributed by atoms with Crippen molar-refractivity contribution < 1.29 is 22.7 Å². The number of hydrogen-bond acceptors (Lipinski definition) is 6. The summed E-state index contributed by atoms with van der Waals surface area (Å²) in [6, 6.07) is 4.58. The molecule has 7 nitrogen and oxygen atoms in total. The summed E-state index contributed by atoms with van der Waals surface area (Å²) in [6.07, 6.45) is 4.34. The van der Waals surface area contributed by atoms with E-state index in [4.69, 9.17) is 9.47 Å². The van der Waals surface area contributed by atoms with E-state index >= 15 is 0 Å². The summed E-state index contributed by atoms with van der Waals surface area (Å²) in [7, 11) is -0.694. The van der Waals surface area contributed by atoms with Gasteiger partial charge in [0.1, 0.15) is 0 Å². The van der Waals surface area contributed by atoms with Crippen LogP contribution in [-0.4, -0.2) is 63.9 Å². The second kappa shape index (κ2) is 8.56. The normalized spacial score (nSPS) is 17.5. The predicted molar refractivity (Wildman–Crippen MR) is 115 cm³/mol. The van der Waals surface area contributed by atoms with Crippen LogP contribution in [0.3, 0.4) is 0 Å². The number of carbonyl (C=O) groups excluding carboxylic acids is 1. The molecule has 1 aliphatic carbocycles. The summed E-state index contributed by atoms with van der Waals surface area (Å²) < 4.78 is 38.0. The summed E-state index contributed by atoms with van der Waals surface area (Å²) in [4.78, 5) is 16.3. The van der Waals surface area contributed by atoms with Crippen LogP contribution in [-0.2, 0) is 22.9 Å². The van der Waals surface area contributed by atoms with Crippen LogP contribution in [0.1, 0.15) is 33.6 Å². The van der Waals surface area contributed by atoms with E-state index in [9.17, 15) is 13.2 Å². The van der Waals surface area contributed by atoms with Crippen molar-refractivity contribution in [2.24, 2.45) is 0 Å². The zero-order valence-electron chi connectivity index (χ0n) is 17.2. The Kier molecular flexibility index (Phi) is 6.04. The predicted octanol–water partition coefficient (Wildman–Crippen LogP) is 2.79. The number of hydrogen-bond donors (Lipinski definition) is 0. The highest BCUT2D eigenvalue weighted by Gasteiger charge is 2.32. The van der Waals surface area contributed by atoms with Crippen LogP contribution >= 0.6 is 11.3 Å². The number of rotatable bonds is 5. The van der Waals surface area contributed by atoms with Gasteiger partial charge < -0.3 is 14.4 Å². The molecule has 9 heteroatoms. The van der Waals surface area contributed by atoms with Crippen molar-refractivity contribution >= 4 is 27.3 Å². The number of fused-ring (bicyclic) bond motifs is 1. The highest BCUT2D eigenvalue weighted by Crippen LogP contribution is 2.32. The Morgan fingerprint density at radius 2 is 1.70 bits per heavy atom. The smallest absolute Gasteiger partial charge is 0.255 e. The van der Waals surface area contributed by atoms with Gasteiger partial charge in [-0.05, 0) is 43.4 Å². The molecular formula is C21H26N2O5S2. The first-order valence-electron chi connectivity index (χ1n) is 10.1. The lowest BCUT2D eigenvalue weighted by atomic mass is 9.95. The molecule has 1 aromatic carbocycles. The molecule has 4 rings (SSSR count). The van der Waals surface area contributed by atoms with Crippen LogP contribution in [0.5, 0.6) is 11.5 Å². The second-order valence-electron chi connectivity index (χ2n) is 7.47. The molecule has 0 unspecified atom stereocenters. The maximum absolute atomic E-state index is 13.1.